The number of methoxy groups -OCH3 is 1. The number of rotatable bonds is 4. The molecule has 0 radical (unpaired) electrons. The Balaban J connectivity index is 2.18. The van der Waals surface area contributed by atoms with Gasteiger partial charge in [0.05, 0.1) is 13.7 Å². The summed E-state index contributed by atoms with van der Waals surface area (Å²) in [4.78, 5) is 13.4. The fourth-order valence-corrected chi connectivity index (χ4v) is 2.74. The van der Waals surface area contributed by atoms with Gasteiger partial charge in [-0.15, -0.1) is 0 Å². The smallest absolute Gasteiger partial charge is 0.349 e. The Hall–Kier alpha value is -1.69. The Morgan fingerprint density at radius 2 is 2.05 bits per heavy atom. The monoisotopic (exact) mass is 313 g/mol. The third-order valence-corrected chi connectivity index (χ3v) is 4.17. The summed E-state index contributed by atoms with van der Waals surface area (Å²) in [5.41, 5.74) is -0.862. The van der Waals surface area contributed by atoms with Gasteiger partial charge in [0.25, 0.3) is 5.91 Å². The maximum Gasteiger partial charge on any atom is 0.349 e. The molecule has 1 fully saturated rings. The third kappa shape index (κ3) is 3.21. The molecule has 0 bridgehead atoms. The first-order valence-electron chi connectivity index (χ1n) is 7.25. The highest BCUT2D eigenvalue weighted by atomic mass is 19.3. The highest BCUT2D eigenvalue weighted by molar-refractivity contribution is 5.85. The van der Waals surface area contributed by atoms with Gasteiger partial charge in [-0.3, -0.25) is 4.79 Å². The van der Waals surface area contributed by atoms with Crippen molar-refractivity contribution in [3.8, 4) is 5.75 Å². The Labute approximate surface area is 128 Å². The van der Waals surface area contributed by atoms with Crippen LogP contribution in [0.2, 0.25) is 0 Å². The van der Waals surface area contributed by atoms with Gasteiger partial charge in [-0.25, -0.2) is 0 Å². The standard InChI is InChI=1S/C16H21F2NO3/c1-15(11-20)8-3-9-19(10-15)14(21)16(17,18)12-4-6-13(22-2)7-5-12/h4-7,20H,3,8-11H2,1-2H3. The average molecular weight is 313 g/mol. The number of halogens is 2. The van der Waals surface area contributed by atoms with E-state index in [1.54, 1.807) is 6.92 Å². The van der Waals surface area contributed by atoms with Gasteiger partial charge in [0, 0.05) is 24.1 Å². The van der Waals surface area contributed by atoms with Crippen LogP contribution in [0.1, 0.15) is 25.3 Å². The van der Waals surface area contributed by atoms with Crippen molar-refractivity contribution in [3.63, 3.8) is 0 Å². The molecule has 0 aliphatic carbocycles. The molecule has 6 heteroatoms. The second-order valence-electron chi connectivity index (χ2n) is 6.10. The molecule has 1 unspecified atom stereocenters. The first-order chi connectivity index (χ1) is 10.3. The molecule has 1 atom stereocenters. The number of aliphatic hydroxyl groups excluding tert-OH is 1. The van der Waals surface area contributed by atoms with Gasteiger partial charge >= 0.3 is 5.92 Å². The van der Waals surface area contributed by atoms with Crippen molar-refractivity contribution in [1.82, 2.24) is 4.90 Å². The van der Waals surface area contributed by atoms with Crippen LogP contribution < -0.4 is 4.74 Å². The molecular weight excluding hydrogens is 292 g/mol. The van der Waals surface area contributed by atoms with Crippen LogP contribution in [0.5, 0.6) is 5.75 Å². The van der Waals surface area contributed by atoms with Gasteiger partial charge in [-0.2, -0.15) is 8.78 Å². The molecule has 1 aliphatic heterocycles. The molecule has 122 valence electrons. The van der Waals surface area contributed by atoms with Crippen LogP contribution in [0.25, 0.3) is 0 Å². The van der Waals surface area contributed by atoms with E-state index in [-0.39, 0.29) is 18.7 Å². The summed E-state index contributed by atoms with van der Waals surface area (Å²) in [5, 5.41) is 9.39. The minimum absolute atomic E-state index is 0.120. The number of amides is 1. The fraction of sp³-hybridized carbons (Fsp3) is 0.562. The van der Waals surface area contributed by atoms with Crippen molar-refractivity contribution in [1.29, 1.82) is 0 Å². The maximum atomic E-state index is 14.4. The lowest BCUT2D eigenvalue weighted by molar-refractivity contribution is -0.163. The second kappa shape index (κ2) is 6.20. The van der Waals surface area contributed by atoms with Crippen molar-refractivity contribution in [2.24, 2.45) is 5.41 Å². The van der Waals surface area contributed by atoms with E-state index in [0.717, 1.165) is 11.3 Å². The first-order valence-corrected chi connectivity index (χ1v) is 7.25. The zero-order valence-electron chi connectivity index (χ0n) is 12.8. The largest absolute Gasteiger partial charge is 0.497 e. The molecule has 1 heterocycles. The van der Waals surface area contributed by atoms with Gasteiger partial charge in [0.15, 0.2) is 0 Å². The van der Waals surface area contributed by atoms with Gasteiger partial charge in [0.1, 0.15) is 5.75 Å². The molecular formula is C16H21F2NO3. The number of hydrogen-bond acceptors (Lipinski definition) is 3. The molecule has 4 nitrogen and oxygen atoms in total. The average Bonchev–Trinajstić information content (AvgIpc) is 2.54. The highest BCUT2D eigenvalue weighted by Gasteiger charge is 2.46. The highest BCUT2D eigenvalue weighted by Crippen LogP contribution is 2.35. The van der Waals surface area contributed by atoms with E-state index in [1.165, 1.54) is 31.4 Å². The number of carbonyl (C=O) groups excluding carboxylic acids is 1. The van der Waals surface area contributed by atoms with Crippen molar-refractivity contribution in [2.45, 2.75) is 25.7 Å². The number of carbonyl (C=O) groups is 1. The van der Waals surface area contributed by atoms with Crippen molar-refractivity contribution in [2.75, 3.05) is 26.8 Å². The predicted molar refractivity (Wildman–Crippen MR) is 77.9 cm³/mol. The summed E-state index contributed by atoms with van der Waals surface area (Å²) in [5.74, 6) is -4.34. The number of aliphatic hydroxyl groups is 1. The predicted octanol–water partition coefficient (Wildman–Crippen LogP) is 2.41. The molecule has 1 aliphatic rings. The van der Waals surface area contributed by atoms with Crippen LogP contribution in [0.3, 0.4) is 0 Å². The maximum absolute atomic E-state index is 14.4. The van der Waals surface area contributed by atoms with E-state index < -0.39 is 17.2 Å². The third-order valence-electron chi connectivity index (χ3n) is 4.17. The van der Waals surface area contributed by atoms with Crippen molar-refractivity contribution < 1.29 is 23.4 Å². The summed E-state index contributed by atoms with van der Waals surface area (Å²) in [7, 11) is 1.45. The molecule has 1 aromatic rings. The molecule has 1 amide bonds. The Bertz CT molecular complexity index is 533. The topological polar surface area (TPSA) is 49.8 Å². The summed E-state index contributed by atoms with van der Waals surface area (Å²) in [6.45, 7) is 2.12. The molecule has 1 saturated heterocycles. The number of alkyl halides is 2. The lowest BCUT2D eigenvalue weighted by atomic mass is 9.82. The van der Waals surface area contributed by atoms with Gasteiger partial charge in [-0.1, -0.05) is 6.92 Å². The Kier molecular flexibility index (Phi) is 4.70. The summed E-state index contributed by atoms with van der Waals surface area (Å²) in [6, 6.07) is 5.22. The van der Waals surface area contributed by atoms with Crippen LogP contribution in [-0.2, 0) is 10.7 Å². The fourth-order valence-electron chi connectivity index (χ4n) is 2.74. The summed E-state index contributed by atoms with van der Waals surface area (Å²) in [6.07, 6.45) is 1.34. The van der Waals surface area contributed by atoms with E-state index in [1.807, 2.05) is 0 Å². The summed E-state index contributed by atoms with van der Waals surface area (Å²) >= 11 is 0. The Morgan fingerprint density at radius 1 is 1.41 bits per heavy atom. The Morgan fingerprint density at radius 3 is 2.59 bits per heavy atom. The van der Waals surface area contributed by atoms with E-state index in [2.05, 4.69) is 0 Å². The van der Waals surface area contributed by atoms with Crippen LogP contribution in [0, 0.1) is 5.41 Å². The van der Waals surface area contributed by atoms with Gasteiger partial charge < -0.3 is 14.7 Å². The van der Waals surface area contributed by atoms with Crippen molar-refractivity contribution in [3.05, 3.63) is 29.8 Å². The van der Waals surface area contributed by atoms with Crippen molar-refractivity contribution >= 4 is 5.91 Å². The molecule has 1 N–H and O–H groups in total. The van der Waals surface area contributed by atoms with Crippen LogP contribution in [-0.4, -0.2) is 42.7 Å². The van der Waals surface area contributed by atoms with Gasteiger partial charge in [-0.05, 0) is 37.1 Å². The zero-order valence-corrected chi connectivity index (χ0v) is 12.8. The van der Waals surface area contributed by atoms with E-state index in [0.29, 0.717) is 18.7 Å². The molecule has 0 saturated carbocycles. The van der Waals surface area contributed by atoms with E-state index >= 15 is 0 Å². The molecule has 2 rings (SSSR count). The lowest BCUT2D eigenvalue weighted by Gasteiger charge is -2.40. The zero-order chi connectivity index (χ0) is 16.4. The number of benzene rings is 1. The normalized spacial score (nSPS) is 22.5. The molecule has 1 aromatic carbocycles. The van der Waals surface area contributed by atoms with Crippen LogP contribution in [0.15, 0.2) is 24.3 Å². The number of ether oxygens (including phenoxy) is 1. The van der Waals surface area contributed by atoms with E-state index in [4.69, 9.17) is 4.74 Å². The van der Waals surface area contributed by atoms with Crippen LogP contribution >= 0.6 is 0 Å². The SMILES string of the molecule is COc1ccc(C(F)(F)C(=O)N2CCCC(C)(CO)C2)cc1. The van der Waals surface area contributed by atoms with Crippen LogP contribution in [0.4, 0.5) is 8.78 Å². The number of likely N-dealkylation sites (tertiary alicyclic amines) is 1. The lowest BCUT2D eigenvalue weighted by Crippen LogP contribution is -2.50. The first kappa shape index (κ1) is 16.7. The van der Waals surface area contributed by atoms with Gasteiger partial charge in [0.2, 0.25) is 0 Å². The minimum atomic E-state index is -3.58. The molecule has 0 spiro atoms. The number of piperidine rings is 1. The second-order valence-corrected chi connectivity index (χ2v) is 6.10. The molecule has 22 heavy (non-hydrogen) atoms. The summed E-state index contributed by atoms with van der Waals surface area (Å²) < 4.78 is 33.8. The minimum Gasteiger partial charge on any atom is -0.497 e. The number of nitrogens with zero attached hydrogens (tertiary/aromatic N) is 1. The number of hydrogen-bond donors (Lipinski definition) is 1. The van der Waals surface area contributed by atoms with E-state index in [9.17, 15) is 18.7 Å². The quantitative estimate of drug-likeness (QED) is 0.928. The molecule has 0 aromatic heterocycles.